The predicted octanol–water partition coefficient (Wildman–Crippen LogP) is 2.88. The summed E-state index contributed by atoms with van der Waals surface area (Å²) in [6.45, 7) is 2.28. The third kappa shape index (κ3) is 3.53. The van der Waals surface area contributed by atoms with E-state index in [9.17, 15) is 4.79 Å². The van der Waals surface area contributed by atoms with Crippen LogP contribution in [0.5, 0.6) is 5.75 Å². The minimum atomic E-state index is -0.216. The van der Waals surface area contributed by atoms with Gasteiger partial charge in [0.1, 0.15) is 5.75 Å². The van der Waals surface area contributed by atoms with E-state index in [4.69, 9.17) is 9.84 Å². The van der Waals surface area contributed by atoms with Gasteiger partial charge in [0.25, 0.3) is 5.91 Å². The molecular weight excluding hydrogens is 354 g/mol. The van der Waals surface area contributed by atoms with E-state index in [1.807, 2.05) is 12.1 Å². The van der Waals surface area contributed by atoms with Gasteiger partial charge in [-0.15, -0.1) is 0 Å². The fourth-order valence-corrected chi connectivity index (χ4v) is 4.19. The average Bonchev–Trinajstić information content (AvgIpc) is 3.65. The van der Waals surface area contributed by atoms with Crippen LogP contribution in [0.15, 0.2) is 24.4 Å². The number of carbonyl (C=O) groups excluding carboxylic acids is 1. The number of pyridine rings is 1. The van der Waals surface area contributed by atoms with Crippen LogP contribution in [0, 0.1) is 5.41 Å². The maximum absolute atomic E-state index is 12.3. The first-order valence-corrected chi connectivity index (χ1v) is 10.4. The van der Waals surface area contributed by atoms with Crippen molar-refractivity contribution in [3.05, 3.63) is 30.0 Å². The molecule has 3 aliphatic rings. The quantitative estimate of drug-likeness (QED) is 0.805. The first-order valence-electron chi connectivity index (χ1n) is 10.4. The number of carbonyl (C=O) groups is 1. The molecule has 2 aliphatic carbocycles. The SMILES string of the molecule is O=C(NCCO)c1cnc2c(N3CCC4(CC3)CC4)cc(OC3CC3)cc2c1. The fourth-order valence-electron chi connectivity index (χ4n) is 4.19. The molecule has 5 rings (SSSR count). The number of hydrogen-bond acceptors (Lipinski definition) is 5. The summed E-state index contributed by atoms with van der Waals surface area (Å²) in [5, 5.41) is 12.6. The van der Waals surface area contributed by atoms with E-state index in [-0.39, 0.29) is 19.1 Å². The minimum absolute atomic E-state index is 0.0767. The lowest BCUT2D eigenvalue weighted by Crippen LogP contribution is -2.34. The number of piperidine rings is 1. The van der Waals surface area contributed by atoms with Crippen LogP contribution in [0.1, 0.15) is 48.9 Å². The smallest absolute Gasteiger partial charge is 0.252 e. The second-order valence-electron chi connectivity index (χ2n) is 8.52. The van der Waals surface area contributed by atoms with Crippen molar-refractivity contribution in [3.63, 3.8) is 0 Å². The van der Waals surface area contributed by atoms with Crippen molar-refractivity contribution in [2.45, 2.75) is 44.6 Å². The minimum Gasteiger partial charge on any atom is -0.490 e. The summed E-state index contributed by atoms with van der Waals surface area (Å²) in [5.74, 6) is 0.651. The van der Waals surface area contributed by atoms with Gasteiger partial charge in [0.2, 0.25) is 0 Å². The highest BCUT2D eigenvalue weighted by Gasteiger charge is 2.44. The zero-order valence-corrected chi connectivity index (χ0v) is 16.1. The molecule has 2 aromatic rings. The number of benzene rings is 1. The van der Waals surface area contributed by atoms with Crippen LogP contribution in [-0.2, 0) is 0 Å². The van der Waals surface area contributed by atoms with Crippen molar-refractivity contribution >= 4 is 22.5 Å². The van der Waals surface area contributed by atoms with Crippen molar-refractivity contribution in [2.24, 2.45) is 5.41 Å². The van der Waals surface area contributed by atoms with Crippen LogP contribution in [0.2, 0.25) is 0 Å². The van der Waals surface area contributed by atoms with E-state index < -0.39 is 0 Å². The number of ether oxygens (including phenoxy) is 1. The molecule has 0 unspecified atom stereocenters. The first kappa shape index (κ1) is 17.7. The highest BCUT2D eigenvalue weighted by Crippen LogP contribution is 2.54. The number of hydrogen-bond donors (Lipinski definition) is 2. The van der Waals surface area contributed by atoms with Crippen molar-refractivity contribution in [1.29, 1.82) is 0 Å². The van der Waals surface area contributed by atoms with Gasteiger partial charge >= 0.3 is 0 Å². The lowest BCUT2D eigenvalue weighted by atomic mass is 9.93. The second-order valence-corrected chi connectivity index (χ2v) is 8.52. The topological polar surface area (TPSA) is 74.7 Å². The second kappa shape index (κ2) is 6.92. The summed E-state index contributed by atoms with van der Waals surface area (Å²) in [6.07, 6.45) is 9.46. The Bertz CT molecular complexity index is 895. The zero-order chi connectivity index (χ0) is 19.1. The number of nitrogens with one attached hydrogen (secondary N) is 1. The number of nitrogens with zero attached hydrogens (tertiary/aromatic N) is 2. The Morgan fingerprint density at radius 3 is 2.68 bits per heavy atom. The summed E-state index contributed by atoms with van der Waals surface area (Å²) < 4.78 is 6.10. The molecule has 1 saturated heterocycles. The Kier molecular flexibility index (Phi) is 4.38. The molecule has 3 fully saturated rings. The molecule has 1 aromatic carbocycles. The van der Waals surface area contributed by atoms with Gasteiger partial charge in [0, 0.05) is 37.3 Å². The van der Waals surface area contributed by atoms with E-state index in [1.165, 1.54) is 25.7 Å². The van der Waals surface area contributed by atoms with E-state index in [0.29, 0.717) is 17.1 Å². The summed E-state index contributed by atoms with van der Waals surface area (Å²) >= 11 is 0. The van der Waals surface area contributed by atoms with Gasteiger partial charge in [-0.05, 0) is 56.1 Å². The highest BCUT2D eigenvalue weighted by molar-refractivity contribution is 6.00. The normalized spacial score (nSPS) is 20.4. The van der Waals surface area contributed by atoms with Crippen LogP contribution < -0.4 is 15.0 Å². The number of fused-ring (bicyclic) bond motifs is 1. The van der Waals surface area contributed by atoms with E-state index >= 15 is 0 Å². The lowest BCUT2D eigenvalue weighted by Gasteiger charge is -2.34. The first-order chi connectivity index (χ1) is 13.7. The Morgan fingerprint density at radius 2 is 2.00 bits per heavy atom. The van der Waals surface area contributed by atoms with Crippen LogP contribution in [0.25, 0.3) is 10.9 Å². The number of amides is 1. The molecule has 0 bridgehead atoms. The van der Waals surface area contributed by atoms with E-state index in [0.717, 1.165) is 48.3 Å². The summed E-state index contributed by atoms with van der Waals surface area (Å²) in [7, 11) is 0. The molecule has 2 heterocycles. The molecule has 2 saturated carbocycles. The van der Waals surface area contributed by atoms with Crippen molar-refractivity contribution < 1.29 is 14.6 Å². The number of rotatable bonds is 6. The predicted molar refractivity (Wildman–Crippen MR) is 108 cm³/mol. The standard InChI is InChI=1S/C22H27N3O3/c26-10-7-23-21(27)16-11-15-12-18(28-17-1-2-17)13-19(20(15)24-14-16)25-8-5-22(3-4-22)6-9-25/h11-14,17,26H,1-10H2,(H,23,27). The molecule has 1 aliphatic heterocycles. The molecule has 148 valence electrons. The highest BCUT2D eigenvalue weighted by atomic mass is 16.5. The lowest BCUT2D eigenvalue weighted by molar-refractivity contribution is 0.0944. The molecule has 1 aromatic heterocycles. The summed E-state index contributed by atoms with van der Waals surface area (Å²) in [6, 6.07) is 6.01. The largest absolute Gasteiger partial charge is 0.490 e. The van der Waals surface area contributed by atoms with Gasteiger partial charge in [-0.2, -0.15) is 0 Å². The van der Waals surface area contributed by atoms with Crippen LogP contribution in [0.3, 0.4) is 0 Å². The fraction of sp³-hybridized carbons (Fsp3) is 0.545. The monoisotopic (exact) mass is 381 g/mol. The molecule has 28 heavy (non-hydrogen) atoms. The average molecular weight is 381 g/mol. The van der Waals surface area contributed by atoms with Gasteiger partial charge in [0.15, 0.2) is 0 Å². The summed E-state index contributed by atoms with van der Waals surface area (Å²) in [4.78, 5) is 19.4. The molecule has 1 spiro atoms. The molecule has 0 radical (unpaired) electrons. The Labute approximate surface area is 164 Å². The summed E-state index contributed by atoms with van der Waals surface area (Å²) in [5.41, 5.74) is 3.17. The third-order valence-corrected chi connectivity index (χ3v) is 6.35. The van der Waals surface area contributed by atoms with Gasteiger partial charge < -0.3 is 20.1 Å². The molecule has 2 N–H and O–H groups in total. The van der Waals surface area contributed by atoms with Crippen LogP contribution in [0.4, 0.5) is 5.69 Å². The molecule has 6 nitrogen and oxygen atoms in total. The van der Waals surface area contributed by atoms with Gasteiger partial charge in [0.05, 0.1) is 29.5 Å². The van der Waals surface area contributed by atoms with E-state index in [2.05, 4.69) is 21.3 Å². The Morgan fingerprint density at radius 1 is 1.21 bits per heavy atom. The molecule has 0 atom stereocenters. The van der Waals surface area contributed by atoms with Crippen molar-refractivity contribution in [1.82, 2.24) is 10.3 Å². The van der Waals surface area contributed by atoms with Crippen molar-refractivity contribution in [3.8, 4) is 5.75 Å². The Balaban J connectivity index is 1.48. The Hall–Kier alpha value is -2.34. The van der Waals surface area contributed by atoms with Gasteiger partial charge in [-0.3, -0.25) is 9.78 Å². The molecular formula is C22H27N3O3. The van der Waals surface area contributed by atoms with E-state index in [1.54, 1.807) is 6.20 Å². The third-order valence-electron chi connectivity index (χ3n) is 6.35. The zero-order valence-electron chi connectivity index (χ0n) is 16.1. The van der Waals surface area contributed by atoms with Gasteiger partial charge in [-0.25, -0.2) is 0 Å². The maximum atomic E-state index is 12.3. The molecule has 6 heteroatoms. The van der Waals surface area contributed by atoms with Crippen LogP contribution >= 0.6 is 0 Å². The maximum Gasteiger partial charge on any atom is 0.252 e. The number of aliphatic hydroxyl groups is 1. The van der Waals surface area contributed by atoms with Crippen molar-refractivity contribution in [2.75, 3.05) is 31.1 Å². The number of aromatic nitrogens is 1. The van der Waals surface area contributed by atoms with Crippen LogP contribution in [-0.4, -0.2) is 48.3 Å². The number of anilines is 1. The van der Waals surface area contributed by atoms with Gasteiger partial charge in [-0.1, -0.05) is 0 Å². The number of aliphatic hydroxyl groups excluding tert-OH is 1. The molecule has 1 amide bonds.